The van der Waals surface area contributed by atoms with Crippen molar-refractivity contribution in [2.45, 2.75) is 45.3 Å². The van der Waals surface area contributed by atoms with E-state index in [4.69, 9.17) is 0 Å². The summed E-state index contributed by atoms with van der Waals surface area (Å²) in [5.74, 6) is -2.53. The van der Waals surface area contributed by atoms with Crippen molar-refractivity contribution in [1.29, 1.82) is 0 Å². The van der Waals surface area contributed by atoms with Gasteiger partial charge in [0.05, 0.1) is 5.56 Å². The second-order valence-corrected chi connectivity index (χ2v) is 7.20. The molecule has 1 aromatic rings. The summed E-state index contributed by atoms with van der Waals surface area (Å²) in [4.78, 5) is 24.4. The highest BCUT2D eigenvalue weighted by atomic mass is 19.4. The van der Waals surface area contributed by atoms with Crippen LogP contribution in [0.2, 0.25) is 0 Å². The Kier molecular flexibility index (Phi) is 6.48. The molecule has 11 heteroatoms. The molecule has 0 aromatic heterocycles. The van der Waals surface area contributed by atoms with Gasteiger partial charge < -0.3 is 10.2 Å². The van der Waals surface area contributed by atoms with Gasteiger partial charge in [-0.05, 0) is 36.1 Å². The highest BCUT2D eigenvalue weighted by molar-refractivity contribution is 5.84. The third-order valence-electron chi connectivity index (χ3n) is 4.93. The minimum atomic E-state index is -4.99. The Morgan fingerprint density at radius 3 is 2.07 bits per heavy atom. The molecule has 1 N–H and O–H groups in total. The fourth-order valence-corrected chi connectivity index (χ4v) is 3.11. The van der Waals surface area contributed by atoms with E-state index in [1.165, 1.54) is 13.0 Å². The van der Waals surface area contributed by atoms with Crippen molar-refractivity contribution in [3.8, 4) is 0 Å². The summed E-state index contributed by atoms with van der Waals surface area (Å²) >= 11 is 0. The summed E-state index contributed by atoms with van der Waals surface area (Å²) in [6.45, 7) is -0.422. The number of carbonyl (C=O) groups is 2. The molecule has 29 heavy (non-hydrogen) atoms. The van der Waals surface area contributed by atoms with E-state index in [0.29, 0.717) is 11.0 Å². The number of likely N-dealkylation sites (tertiary alicyclic amines) is 1. The third kappa shape index (κ3) is 5.60. The molecule has 1 aliphatic heterocycles. The van der Waals surface area contributed by atoms with E-state index in [9.17, 15) is 40.3 Å². The zero-order valence-electron chi connectivity index (χ0n) is 15.4. The van der Waals surface area contributed by atoms with Gasteiger partial charge in [0.2, 0.25) is 5.91 Å². The standard InChI is InChI=1S/C18H19F7N2O2/c1-16(2-4-27(5-3-16)15(29)18(23,24)25)14(28)26-10-12-6-11(9-19)7-13(8-12)17(20,21)22/h6-8H,2-5,9-10H2,1H3,(H,26,28). The zero-order valence-corrected chi connectivity index (χ0v) is 15.4. The number of rotatable bonds is 4. The quantitative estimate of drug-likeness (QED) is 0.738. The lowest BCUT2D eigenvalue weighted by atomic mass is 9.79. The molecule has 0 spiro atoms. The smallest absolute Gasteiger partial charge is 0.352 e. The summed E-state index contributed by atoms with van der Waals surface area (Å²) in [6, 6.07) is 2.68. The van der Waals surface area contributed by atoms with Crippen molar-refractivity contribution in [2.75, 3.05) is 13.1 Å². The van der Waals surface area contributed by atoms with Crippen LogP contribution in [0.4, 0.5) is 30.7 Å². The molecule has 1 aliphatic rings. The lowest BCUT2D eigenvalue weighted by Gasteiger charge is -2.38. The average Bonchev–Trinajstić information content (AvgIpc) is 2.64. The van der Waals surface area contributed by atoms with Crippen molar-refractivity contribution in [2.24, 2.45) is 5.41 Å². The number of hydrogen-bond acceptors (Lipinski definition) is 2. The van der Waals surface area contributed by atoms with Gasteiger partial charge in [0.1, 0.15) is 6.67 Å². The molecule has 0 bridgehead atoms. The van der Waals surface area contributed by atoms with E-state index in [-0.39, 0.29) is 43.6 Å². The first kappa shape index (κ1) is 23.0. The molecule has 1 aromatic carbocycles. The van der Waals surface area contributed by atoms with Crippen molar-refractivity contribution < 1.29 is 40.3 Å². The fourth-order valence-electron chi connectivity index (χ4n) is 3.11. The monoisotopic (exact) mass is 428 g/mol. The minimum Gasteiger partial charge on any atom is -0.352 e. The maximum absolute atomic E-state index is 12.9. The van der Waals surface area contributed by atoms with Gasteiger partial charge in [0, 0.05) is 25.0 Å². The van der Waals surface area contributed by atoms with E-state index in [2.05, 4.69) is 5.32 Å². The van der Waals surface area contributed by atoms with Crippen LogP contribution in [-0.2, 0) is 29.0 Å². The summed E-state index contributed by atoms with van der Waals surface area (Å²) in [5, 5.41) is 2.46. The molecule has 1 heterocycles. The van der Waals surface area contributed by atoms with Gasteiger partial charge in [-0.1, -0.05) is 13.0 Å². The van der Waals surface area contributed by atoms with Crippen LogP contribution < -0.4 is 5.32 Å². The Balaban J connectivity index is 2.02. The lowest BCUT2D eigenvalue weighted by Crippen LogP contribution is -2.51. The molecule has 162 valence electrons. The van der Waals surface area contributed by atoms with Gasteiger partial charge in [-0.3, -0.25) is 9.59 Å². The van der Waals surface area contributed by atoms with Crippen LogP contribution in [0.5, 0.6) is 0 Å². The first-order valence-corrected chi connectivity index (χ1v) is 8.67. The second-order valence-electron chi connectivity index (χ2n) is 7.20. The van der Waals surface area contributed by atoms with Gasteiger partial charge in [-0.15, -0.1) is 0 Å². The maximum atomic E-state index is 12.9. The highest BCUT2D eigenvalue weighted by Crippen LogP contribution is 2.34. The zero-order chi connectivity index (χ0) is 22.0. The van der Waals surface area contributed by atoms with Crippen LogP contribution in [0.15, 0.2) is 18.2 Å². The summed E-state index contributed by atoms with van der Waals surface area (Å²) in [5.41, 5.74) is -2.25. The van der Waals surface area contributed by atoms with Gasteiger partial charge in [0.15, 0.2) is 0 Å². The number of nitrogens with zero attached hydrogens (tertiary/aromatic N) is 1. The van der Waals surface area contributed by atoms with Gasteiger partial charge in [-0.25, -0.2) is 4.39 Å². The van der Waals surface area contributed by atoms with E-state index >= 15 is 0 Å². The van der Waals surface area contributed by atoms with Crippen LogP contribution in [0, 0.1) is 5.41 Å². The number of benzene rings is 1. The molecular formula is C18H19F7N2O2. The Bertz CT molecular complexity index is 766. The average molecular weight is 428 g/mol. The molecule has 0 aliphatic carbocycles. The summed E-state index contributed by atoms with van der Waals surface area (Å²) < 4.78 is 89.0. The minimum absolute atomic E-state index is 0.0288. The Hall–Kier alpha value is -2.33. The van der Waals surface area contributed by atoms with Gasteiger partial charge in [-0.2, -0.15) is 26.3 Å². The predicted octanol–water partition coefficient (Wildman–Crippen LogP) is 3.98. The number of piperidine rings is 1. The molecule has 0 unspecified atom stereocenters. The Labute approximate surface area is 162 Å². The van der Waals surface area contributed by atoms with E-state index in [1.54, 1.807) is 0 Å². The number of amides is 2. The molecule has 0 atom stereocenters. The topological polar surface area (TPSA) is 49.4 Å². The number of hydrogen-bond donors (Lipinski definition) is 1. The Morgan fingerprint density at radius 2 is 1.59 bits per heavy atom. The van der Waals surface area contributed by atoms with Crippen molar-refractivity contribution in [3.05, 3.63) is 34.9 Å². The van der Waals surface area contributed by atoms with Crippen molar-refractivity contribution >= 4 is 11.8 Å². The van der Waals surface area contributed by atoms with Crippen LogP contribution in [0.25, 0.3) is 0 Å². The van der Waals surface area contributed by atoms with Crippen LogP contribution >= 0.6 is 0 Å². The summed E-state index contributed by atoms with van der Waals surface area (Å²) in [7, 11) is 0. The maximum Gasteiger partial charge on any atom is 0.471 e. The normalized spacial score (nSPS) is 17.2. The Morgan fingerprint density at radius 1 is 1.03 bits per heavy atom. The third-order valence-corrected chi connectivity index (χ3v) is 4.93. The van der Waals surface area contributed by atoms with E-state index in [1.807, 2.05) is 0 Å². The number of alkyl halides is 7. The first-order chi connectivity index (χ1) is 13.3. The molecule has 1 saturated heterocycles. The molecule has 0 radical (unpaired) electrons. The number of halogens is 7. The predicted molar refractivity (Wildman–Crippen MR) is 88.1 cm³/mol. The summed E-state index contributed by atoms with van der Waals surface area (Å²) in [6.07, 6.45) is -9.72. The van der Waals surface area contributed by atoms with Crippen molar-refractivity contribution in [1.82, 2.24) is 10.2 Å². The van der Waals surface area contributed by atoms with Gasteiger partial charge in [0.25, 0.3) is 0 Å². The van der Waals surface area contributed by atoms with E-state index < -0.39 is 41.8 Å². The first-order valence-electron chi connectivity index (χ1n) is 8.67. The number of nitrogens with one attached hydrogen (secondary N) is 1. The molecule has 4 nitrogen and oxygen atoms in total. The van der Waals surface area contributed by atoms with Gasteiger partial charge >= 0.3 is 18.3 Å². The fraction of sp³-hybridized carbons (Fsp3) is 0.556. The largest absolute Gasteiger partial charge is 0.471 e. The second kappa shape index (κ2) is 8.19. The number of carbonyl (C=O) groups excluding carboxylic acids is 2. The van der Waals surface area contributed by atoms with Crippen LogP contribution in [-0.4, -0.2) is 36.0 Å². The molecule has 2 amide bonds. The van der Waals surface area contributed by atoms with Crippen LogP contribution in [0.1, 0.15) is 36.5 Å². The molecule has 1 fully saturated rings. The lowest BCUT2D eigenvalue weighted by molar-refractivity contribution is -0.187. The van der Waals surface area contributed by atoms with Crippen molar-refractivity contribution in [3.63, 3.8) is 0 Å². The van der Waals surface area contributed by atoms with Crippen LogP contribution in [0.3, 0.4) is 0 Å². The highest BCUT2D eigenvalue weighted by Gasteiger charge is 2.46. The van der Waals surface area contributed by atoms with E-state index in [0.717, 1.165) is 6.07 Å². The molecule has 2 rings (SSSR count). The molecular weight excluding hydrogens is 409 g/mol. The molecule has 0 saturated carbocycles. The SMILES string of the molecule is CC1(C(=O)NCc2cc(CF)cc(C(F)(F)F)c2)CCN(C(=O)C(F)(F)F)CC1.